The molecule has 2 unspecified atom stereocenters. The maximum absolute atomic E-state index is 11.9. The molecule has 0 aromatic heterocycles. The van der Waals surface area contributed by atoms with Crippen molar-refractivity contribution in [3.8, 4) is 6.07 Å². The van der Waals surface area contributed by atoms with Gasteiger partial charge >= 0.3 is 0 Å². The average molecular weight is 246 g/mol. The lowest BCUT2D eigenvalue weighted by atomic mass is 10.2. The summed E-state index contributed by atoms with van der Waals surface area (Å²) in [4.78, 5) is 11.1. The van der Waals surface area contributed by atoms with Crippen LogP contribution in [0.1, 0.15) is 6.92 Å². The zero-order valence-corrected chi connectivity index (χ0v) is 9.70. The van der Waals surface area contributed by atoms with Gasteiger partial charge in [-0.15, -0.1) is 0 Å². The van der Waals surface area contributed by atoms with Crippen molar-refractivity contribution >= 4 is 15.9 Å². The summed E-state index contributed by atoms with van der Waals surface area (Å²) in [5.74, 6) is -0.707. The number of nitriles is 1. The summed E-state index contributed by atoms with van der Waals surface area (Å²) in [7, 11) is -3.77. The molecule has 1 rings (SSSR count). The quantitative estimate of drug-likeness (QED) is 0.596. The van der Waals surface area contributed by atoms with E-state index in [1.807, 2.05) is 0 Å². The number of rotatable bonds is 3. The Morgan fingerprint density at radius 2 is 2.31 bits per heavy atom. The fourth-order valence-corrected chi connectivity index (χ4v) is 2.92. The SMILES string of the molecule is CC(C#N)S(=O)(=O)N1CCNCC1C(N)=O. The number of nitrogens with zero attached hydrogens (tertiary/aromatic N) is 2. The summed E-state index contributed by atoms with van der Waals surface area (Å²) in [5, 5.41) is 10.3. The Hall–Kier alpha value is -1.17. The fraction of sp³-hybridized carbons (Fsp3) is 0.750. The molecule has 0 saturated carbocycles. The van der Waals surface area contributed by atoms with Gasteiger partial charge in [0, 0.05) is 19.6 Å². The van der Waals surface area contributed by atoms with Crippen molar-refractivity contribution in [3.05, 3.63) is 0 Å². The smallest absolute Gasteiger partial charge is 0.237 e. The van der Waals surface area contributed by atoms with Crippen LogP contribution in [0.25, 0.3) is 0 Å². The van der Waals surface area contributed by atoms with Crippen molar-refractivity contribution in [2.75, 3.05) is 19.6 Å². The van der Waals surface area contributed by atoms with Gasteiger partial charge in [-0.25, -0.2) is 8.42 Å². The van der Waals surface area contributed by atoms with Crippen LogP contribution in [0.2, 0.25) is 0 Å². The predicted molar refractivity (Wildman–Crippen MR) is 56.6 cm³/mol. The van der Waals surface area contributed by atoms with E-state index < -0.39 is 27.2 Å². The van der Waals surface area contributed by atoms with Crippen molar-refractivity contribution in [2.45, 2.75) is 18.2 Å². The molecule has 1 saturated heterocycles. The van der Waals surface area contributed by atoms with Gasteiger partial charge in [0.25, 0.3) is 0 Å². The molecule has 0 aromatic carbocycles. The third kappa shape index (κ3) is 2.32. The van der Waals surface area contributed by atoms with Crippen LogP contribution in [0, 0.1) is 11.3 Å². The fourth-order valence-electron chi connectivity index (χ4n) is 1.50. The number of primary amides is 1. The van der Waals surface area contributed by atoms with Gasteiger partial charge in [-0.1, -0.05) is 0 Å². The van der Waals surface area contributed by atoms with Crippen LogP contribution in [0.15, 0.2) is 0 Å². The number of amides is 1. The van der Waals surface area contributed by atoms with Crippen molar-refractivity contribution in [2.24, 2.45) is 5.73 Å². The first kappa shape index (κ1) is 12.9. The van der Waals surface area contributed by atoms with Crippen molar-refractivity contribution in [1.82, 2.24) is 9.62 Å². The van der Waals surface area contributed by atoms with E-state index in [2.05, 4.69) is 5.32 Å². The van der Waals surface area contributed by atoms with Crippen molar-refractivity contribution < 1.29 is 13.2 Å². The van der Waals surface area contributed by atoms with Gasteiger partial charge in [0.05, 0.1) is 6.07 Å². The molecule has 16 heavy (non-hydrogen) atoms. The van der Waals surface area contributed by atoms with Gasteiger partial charge in [0.2, 0.25) is 15.9 Å². The first-order valence-corrected chi connectivity index (χ1v) is 6.32. The Kier molecular flexibility index (Phi) is 3.85. The van der Waals surface area contributed by atoms with Crippen LogP contribution in [0.3, 0.4) is 0 Å². The zero-order valence-electron chi connectivity index (χ0n) is 8.88. The second kappa shape index (κ2) is 4.78. The van der Waals surface area contributed by atoms with Crippen LogP contribution in [0.4, 0.5) is 0 Å². The number of nitrogens with one attached hydrogen (secondary N) is 1. The number of hydrogen-bond acceptors (Lipinski definition) is 5. The average Bonchev–Trinajstić information content (AvgIpc) is 2.27. The van der Waals surface area contributed by atoms with E-state index >= 15 is 0 Å². The van der Waals surface area contributed by atoms with Crippen LogP contribution < -0.4 is 11.1 Å². The van der Waals surface area contributed by atoms with Crippen LogP contribution in [0.5, 0.6) is 0 Å². The molecular weight excluding hydrogens is 232 g/mol. The summed E-state index contributed by atoms with van der Waals surface area (Å²) in [6, 6.07) is 0.752. The van der Waals surface area contributed by atoms with Crippen LogP contribution in [-0.4, -0.2) is 49.6 Å². The highest BCUT2D eigenvalue weighted by Gasteiger charge is 2.38. The summed E-state index contributed by atoms with van der Waals surface area (Å²) >= 11 is 0. The van der Waals surface area contributed by atoms with Crippen molar-refractivity contribution in [3.63, 3.8) is 0 Å². The first-order chi connectivity index (χ1) is 7.41. The largest absolute Gasteiger partial charge is 0.368 e. The highest BCUT2D eigenvalue weighted by molar-refractivity contribution is 7.90. The Balaban J connectivity index is 3.01. The standard InChI is InChI=1S/C8H14N4O3S/c1-6(4-9)16(14,15)12-3-2-11-5-7(12)8(10)13/h6-7,11H,2-3,5H2,1H3,(H2,10,13). The lowest BCUT2D eigenvalue weighted by Crippen LogP contribution is -2.59. The van der Waals surface area contributed by atoms with E-state index in [0.717, 1.165) is 4.31 Å². The Morgan fingerprint density at radius 3 is 2.81 bits per heavy atom. The van der Waals surface area contributed by atoms with Gasteiger partial charge in [0.15, 0.2) is 5.25 Å². The lowest BCUT2D eigenvalue weighted by Gasteiger charge is -2.33. The number of carbonyl (C=O) groups is 1. The van der Waals surface area contributed by atoms with E-state index in [4.69, 9.17) is 11.0 Å². The molecule has 1 fully saturated rings. The second-order valence-electron chi connectivity index (χ2n) is 3.55. The molecule has 3 N–H and O–H groups in total. The van der Waals surface area contributed by atoms with Gasteiger partial charge in [-0.05, 0) is 6.92 Å². The van der Waals surface area contributed by atoms with E-state index in [1.54, 1.807) is 6.07 Å². The summed E-state index contributed by atoms with van der Waals surface area (Å²) in [5.41, 5.74) is 5.13. The molecule has 0 aromatic rings. The first-order valence-electron chi connectivity index (χ1n) is 4.81. The monoisotopic (exact) mass is 246 g/mol. The number of nitrogens with two attached hydrogens (primary N) is 1. The van der Waals surface area contributed by atoms with Crippen LogP contribution >= 0.6 is 0 Å². The molecule has 0 spiro atoms. The molecule has 1 heterocycles. The third-order valence-electron chi connectivity index (χ3n) is 2.48. The van der Waals surface area contributed by atoms with E-state index in [9.17, 15) is 13.2 Å². The highest BCUT2D eigenvalue weighted by atomic mass is 32.2. The number of carbonyl (C=O) groups excluding carboxylic acids is 1. The molecule has 1 amide bonds. The van der Waals surface area contributed by atoms with Crippen molar-refractivity contribution in [1.29, 1.82) is 5.26 Å². The Bertz CT molecular complexity index is 413. The molecule has 90 valence electrons. The maximum atomic E-state index is 11.9. The zero-order chi connectivity index (χ0) is 12.3. The highest BCUT2D eigenvalue weighted by Crippen LogP contribution is 2.14. The van der Waals surface area contributed by atoms with E-state index in [-0.39, 0.29) is 13.1 Å². The molecule has 0 radical (unpaired) electrons. The minimum atomic E-state index is -3.77. The molecule has 0 aliphatic carbocycles. The number of piperazine rings is 1. The Labute approximate surface area is 94.3 Å². The van der Waals surface area contributed by atoms with E-state index in [1.165, 1.54) is 6.92 Å². The molecule has 7 nitrogen and oxygen atoms in total. The normalized spacial score (nSPS) is 24.6. The molecule has 1 aliphatic heterocycles. The molecule has 8 heteroatoms. The molecule has 0 bridgehead atoms. The summed E-state index contributed by atoms with van der Waals surface area (Å²) in [6.07, 6.45) is 0. The topological polar surface area (TPSA) is 116 Å². The molecule has 2 atom stereocenters. The van der Waals surface area contributed by atoms with Gasteiger partial charge in [-0.2, -0.15) is 9.57 Å². The minimum absolute atomic E-state index is 0.155. The van der Waals surface area contributed by atoms with Gasteiger partial charge < -0.3 is 11.1 Å². The Morgan fingerprint density at radius 1 is 1.69 bits per heavy atom. The van der Waals surface area contributed by atoms with Crippen LogP contribution in [-0.2, 0) is 14.8 Å². The summed E-state index contributed by atoms with van der Waals surface area (Å²) < 4.78 is 24.8. The lowest BCUT2D eigenvalue weighted by molar-refractivity contribution is -0.122. The van der Waals surface area contributed by atoms with Gasteiger partial charge in [0.1, 0.15) is 6.04 Å². The summed E-state index contributed by atoms with van der Waals surface area (Å²) in [6.45, 7) is 2.07. The second-order valence-corrected chi connectivity index (χ2v) is 5.76. The van der Waals surface area contributed by atoms with E-state index in [0.29, 0.717) is 6.54 Å². The number of sulfonamides is 1. The minimum Gasteiger partial charge on any atom is -0.368 e. The molecular formula is C8H14N4O3S. The third-order valence-corrected chi connectivity index (χ3v) is 4.57. The molecule has 1 aliphatic rings. The maximum Gasteiger partial charge on any atom is 0.237 e. The number of hydrogen-bond donors (Lipinski definition) is 2. The predicted octanol–water partition coefficient (Wildman–Crippen LogP) is -2.01. The van der Waals surface area contributed by atoms with Gasteiger partial charge in [-0.3, -0.25) is 4.79 Å².